The molecule has 1 aliphatic heterocycles. The topological polar surface area (TPSA) is 41.4 Å². The summed E-state index contributed by atoms with van der Waals surface area (Å²) >= 11 is 6.23. The van der Waals surface area contributed by atoms with Gasteiger partial charge in [0.2, 0.25) is 5.91 Å². The summed E-state index contributed by atoms with van der Waals surface area (Å²) in [6, 6.07) is 9.90. The Morgan fingerprint density at radius 2 is 1.92 bits per heavy atom. The van der Waals surface area contributed by atoms with E-state index in [0.717, 1.165) is 49.0 Å². The number of nitrogens with zero attached hydrogens (tertiary/aromatic N) is 4. The predicted octanol–water partition coefficient (Wildman–Crippen LogP) is 2.58. The number of benzene rings is 1. The molecule has 6 heteroatoms. The highest BCUT2D eigenvalue weighted by Gasteiger charge is 2.21. The zero-order chi connectivity index (χ0) is 16.9. The van der Waals surface area contributed by atoms with E-state index in [1.54, 1.807) is 6.20 Å². The van der Waals surface area contributed by atoms with Crippen LogP contribution in [0.15, 0.2) is 36.5 Å². The number of carbonyl (C=O) groups is 1. The normalized spacial score (nSPS) is 15.7. The van der Waals surface area contributed by atoms with Gasteiger partial charge in [-0.25, -0.2) is 0 Å². The van der Waals surface area contributed by atoms with Crippen LogP contribution < -0.4 is 0 Å². The lowest BCUT2D eigenvalue weighted by Crippen LogP contribution is -2.48. The number of hydrogen-bond donors (Lipinski definition) is 0. The second-order valence-corrected chi connectivity index (χ2v) is 6.60. The van der Waals surface area contributed by atoms with E-state index in [4.69, 9.17) is 11.6 Å². The Morgan fingerprint density at radius 1 is 1.17 bits per heavy atom. The molecule has 1 aliphatic rings. The van der Waals surface area contributed by atoms with Gasteiger partial charge in [-0.1, -0.05) is 29.8 Å². The molecule has 1 fully saturated rings. The molecule has 0 aliphatic carbocycles. The first kappa shape index (κ1) is 17.0. The van der Waals surface area contributed by atoms with Crippen LogP contribution in [0.2, 0.25) is 5.02 Å². The third-order valence-electron chi connectivity index (χ3n) is 4.54. The summed E-state index contributed by atoms with van der Waals surface area (Å²) in [6.45, 7) is 6.83. The van der Waals surface area contributed by atoms with Crippen LogP contribution in [0.3, 0.4) is 0 Å². The van der Waals surface area contributed by atoms with Crippen LogP contribution >= 0.6 is 11.6 Å². The molecule has 0 N–H and O–H groups in total. The molecule has 3 rings (SSSR count). The fourth-order valence-electron chi connectivity index (χ4n) is 3.02. The minimum Gasteiger partial charge on any atom is -0.340 e. The second-order valence-electron chi connectivity index (χ2n) is 6.19. The molecular formula is C18H23ClN4O. The van der Waals surface area contributed by atoms with Crippen molar-refractivity contribution in [3.05, 3.63) is 52.8 Å². The molecule has 0 spiro atoms. The number of amides is 1. The molecule has 0 unspecified atom stereocenters. The van der Waals surface area contributed by atoms with E-state index in [9.17, 15) is 4.79 Å². The summed E-state index contributed by atoms with van der Waals surface area (Å²) in [7, 11) is 0. The molecule has 2 aromatic rings. The largest absolute Gasteiger partial charge is 0.340 e. The number of aromatic nitrogens is 2. The van der Waals surface area contributed by atoms with E-state index in [2.05, 4.69) is 16.1 Å². The highest BCUT2D eigenvalue weighted by Crippen LogP contribution is 2.18. The van der Waals surface area contributed by atoms with Crippen LogP contribution in [-0.4, -0.2) is 51.7 Å². The number of aryl methyl sites for hydroxylation is 2. The van der Waals surface area contributed by atoms with E-state index >= 15 is 0 Å². The van der Waals surface area contributed by atoms with Gasteiger partial charge in [0.25, 0.3) is 0 Å². The van der Waals surface area contributed by atoms with Gasteiger partial charge >= 0.3 is 0 Å². The lowest BCUT2D eigenvalue weighted by Gasteiger charge is -2.35. The van der Waals surface area contributed by atoms with Crippen molar-refractivity contribution in [1.29, 1.82) is 0 Å². The molecule has 0 atom stereocenters. The van der Waals surface area contributed by atoms with Crippen molar-refractivity contribution in [3.63, 3.8) is 0 Å². The molecule has 1 aromatic heterocycles. The summed E-state index contributed by atoms with van der Waals surface area (Å²) in [5.74, 6) is 0.210. The minimum atomic E-state index is 0.210. The van der Waals surface area contributed by atoms with Crippen molar-refractivity contribution < 1.29 is 4.79 Å². The van der Waals surface area contributed by atoms with Gasteiger partial charge < -0.3 is 4.90 Å². The molecule has 1 aromatic carbocycles. The average Bonchev–Trinajstić information content (AvgIpc) is 3.00. The summed E-state index contributed by atoms with van der Waals surface area (Å²) in [6.07, 6.45) is 2.28. The molecule has 5 nitrogen and oxygen atoms in total. The fraction of sp³-hybridized carbons (Fsp3) is 0.444. The third kappa shape index (κ3) is 4.16. The van der Waals surface area contributed by atoms with Gasteiger partial charge in [-0.05, 0) is 24.6 Å². The molecule has 2 heterocycles. The number of piperazine rings is 1. The average molecular weight is 347 g/mol. The molecule has 0 saturated carbocycles. The van der Waals surface area contributed by atoms with Crippen LogP contribution in [0.5, 0.6) is 0 Å². The lowest BCUT2D eigenvalue weighted by atomic mass is 10.2. The Labute approximate surface area is 147 Å². The Morgan fingerprint density at radius 3 is 2.58 bits per heavy atom. The van der Waals surface area contributed by atoms with Gasteiger partial charge in [0.1, 0.15) is 0 Å². The predicted molar refractivity (Wildman–Crippen MR) is 94.9 cm³/mol. The Hall–Kier alpha value is -1.85. The first-order valence-corrected chi connectivity index (χ1v) is 8.73. The molecule has 128 valence electrons. The number of rotatable bonds is 5. The van der Waals surface area contributed by atoms with Crippen LogP contribution in [0, 0.1) is 6.92 Å². The van der Waals surface area contributed by atoms with Crippen molar-refractivity contribution >= 4 is 17.5 Å². The molecule has 0 radical (unpaired) electrons. The standard InChI is InChI=1S/C18H23ClN4O/c1-15-6-8-20-23(15)9-7-18(24)22-12-10-21(11-13-22)14-16-4-2-3-5-17(16)19/h2-6,8H,7,9-14H2,1H3. The van der Waals surface area contributed by atoms with Gasteiger partial charge in [-0.2, -0.15) is 5.10 Å². The van der Waals surface area contributed by atoms with E-state index < -0.39 is 0 Å². The number of hydrogen-bond acceptors (Lipinski definition) is 3. The second kappa shape index (κ2) is 7.81. The van der Waals surface area contributed by atoms with Gasteiger partial charge in [0.15, 0.2) is 0 Å². The van der Waals surface area contributed by atoms with Crippen molar-refractivity contribution in [2.45, 2.75) is 26.4 Å². The minimum absolute atomic E-state index is 0.210. The van der Waals surface area contributed by atoms with Crippen LogP contribution in [0.1, 0.15) is 17.7 Å². The van der Waals surface area contributed by atoms with Crippen molar-refractivity contribution in [3.8, 4) is 0 Å². The van der Waals surface area contributed by atoms with Crippen molar-refractivity contribution in [2.75, 3.05) is 26.2 Å². The Bertz CT molecular complexity index is 692. The maximum Gasteiger partial charge on any atom is 0.224 e. The lowest BCUT2D eigenvalue weighted by molar-refractivity contribution is -0.133. The zero-order valence-corrected chi connectivity index (χ0v) is 14.7. The highest BCUT2D eigenvalue weighted by atomic mass is 35.5. The van der Waals surface area contributed by atoms with E-state index in [1.165, 1.54) is 0 Å². The van der Waals surface area contributed by atoms with Crippen molar-refractivity contribution in [1.82, 2.24) is 19.6 Å². The van der Waals surface area contributed by atoms with Crippen LogP contribution in [-0.2, 0) is 17.9 Å². The maximum absolute atomic E-state index is 12.4. The SMILES string of the molecule is Cc1ccnn1CCC(=O)N1CCN(Cc2ccccc2Cl)CC1. The van der Waals surface area contributed by atoms with Crippen LogP contribution in [0.4, 0.5) is 0 Å². The third-order valence-corrected chi connectivity index (χ3v) is 4.91. The summed E-state index contributed by atoms with van der Waals surface area (Å²) in [4.78, 5) is 16.7. The Balaban J connectivity index is 1.45. The maximum atomic E-state index is 12.4. The molecule has 1 saturated heterocycles. The highest BCUT2D eigenvalue weighted by molar-refractivity contribution is 6.31. The Kier molecular flexibility index (Phi) is 5.53. The first-order chi connectivity index (χ1) is 11.6. The van der Waals surface area contributed by atoms with Crippen LogP contribution in [0.25, 0.3) is 0 Å². The van der Waals surface area contributed by atoms with E-state index in [-0.39, 0.29) is 5.91 Å². The monoisotopic (exact) mass is 346 g/mol. The summed E-state index contributed by atoms with van der Waals surface area (Å²) in [5.41, 5.74) is 2.24. The van der Waals surface area contributed by atoms with Gasteiger partial charge in [0.05, 0.1) is 0 Å². The van der Waals surface area contributed by atoms with Crippen molar-refractivity contribution in [2.24, 2.45) is 0 Å². The number of carbonyl (C=O) groups excluding carboxylic acids is 1. The molecular weight excluding hydrogens is 324 g/mol. The molecule has 0 bridgehead atoms. The fourth-order valence-corrected chi connectivity index (χ4v) is 3.21. The molecule has 1 amide bonds. The quantitative estimate of drug-likeness (QED) is 0.835. The first-order valence-electron chi connectivity index (χ1n) is 8.35. The smallest absolute Gasteiger partial charge is 0.224 e. The summed E-state index contributed by atoms with van der Waals surface area (Å²) < 4.78 is 1.88. The van der Waals surface area contributed by atoms with E-state index in [1.807, 2.05) is 40.8 Å². The van der Waals surface area contributed by atoms with Gasteiger partial charge in [0, 0.05) is 62.6 Å². The summed E-state index contributed by atoms with van der Waals surface area (Å²) in [5, 5.41) is 5.04. The van der Waals surface area contributed by atoms with E-state index in [0.29, 0.717) is 13.0 Å². The van der Waals surface area contributed by atoms with Gasteiger partial charge in [-0.3, -0.25) is 14.4 Å². The zero-order valence-electron chi connectivity index (χ0n) is 14.0. The van der Waals surface area contributed by atoms with Gasteiger partial charge in [-0.15, -0.1) is 0 Å². The number of halogens is 1. The molecule has 24 heavy (non-hydrogen) atoms.